The van der Waals surface area contributed by atoms with Crippen LogP contribution in [0.3, 0.4) is 0 Å². The normalized spacial score (nSPS) is 14.1. The molecule has 0 spiro atoms. The van der Waals surface area contributed by atoms with Crippen molar-refractivity contribution in [3.63, 3.8) is 0 Å². The molecule has 0 aromatic heterocycles. The van der Waals surface area contributed by atoms with Crippen LogP contribution in [0.25, 0.3) is 0 Å². The number of ether oxygens (including phenoxy) is 1. The van der Waals surface area contributed by atoms with Gasteiger partial charge >= 0.3 is 0 Å². The maximum Gasteiger partial charge on any atom is 0.261 e. The Morgan fingerprint density at radius 2 is 1.64 bits per heavy atom. The van der Waals surface area contributed by atoms with Crippen molar-refractivity contribution in [2.24, 2.45) is 0 Å². The molecule has 1 amide bonds. The summed E-state index contributed by atoms with van der Waals surface area (Å²) in [7, 11) is 0.853. The van der Waals surface area contributed by atoms with Gasteiger partial charge in [-0.05, 0) is 37.5 Å². The number of nitrogens with one attached hydrogen (secondary N) is 1. The summed E-state index contributed by atoms with van der Waals surface area (Å²) in [5.74, 6) is -9.85. The number of rotatable bonds is 4. The lowest BCUT2D eigenvalue weighted by Crippen LogP contribution is -2.29. The highest BCUT2D eigenvalue weighted by Crippen LogP contribution is 2.33. The second-order valence-electron chi connectivity index (χ2n) is 6.33. The molecular formula is C19H17ClF4N2O2. The molecule has 9 heteroatoms. The van der Waals surface area contributed by atoms with Gasteiger partial charge in [-0.2, -0.15) is 8.78 Å². The van der Waals surface area contributed by atoms with Crippen molar-refractivity contribution in [3.8, 4) is 5.75 Å². The number of anilines is 2. The molecule has 2 aromatic rings. The van der Waals surface area contributed by atoms with Gasteiger partial charge in [0.05, 0.1) is 17.8 Å². The highest BCUT2D eigenvalue weighted by atomic mass is 35.5. The minimum absolute atomic E-state index is 0.131. The van der Waals surface area contributed by atoms with Gasteiger partial charge in [0, 0.05) is 18.8 Å². The molecule has 1 saturated heterocycles. The van der Waals surface area contributed by atoms with Crippen molar-refractivity contribution < 1.29 is 27.1 Å². The number of hydrogen-bond donors (Lipinski definition) is 1. The monoisotopic (exact) mass is 416 g/mol. The molecule has 1 heterocycles. The Bertz CT molecular complexity index is 888. The van der Waals surface area contributed by atoms with Gasteiger partial charge in [-0.3, -0.25) is 4.79 Å². The topological polar surface area (TPSA) is 41.6 Å². The minimum Gasteiger partial charge on any atom is -0.491 e. The van der Waals surface area contributed by atoms with E-state index in [1.807, 2.05) is 0 Å². The fourth-order valence-electron chi connectivity index (χ4n) is 3.16. The van der Waals surface area contributed by atoms with Gasteiger partial charge in [0.1, 0.15) is 5.56 Å². The van der Waals surface area contributed by atoms with Crippen LogP contribution >= 0.6 is 11.6 Å². The number of halogens is 5. The highest BCUT2D eigenvalue weighted by Gasteiger charge is 2.30. The van der Waals surface area contributed by atoms with E-state index in [9.17, 15) is 22.4 Å². The second kappa shape index (κ2) is 8.26. The Balaban J connectivity index is 1.87. The summed E-state index contributed by atoms with van der Waals surface area (Å²) in [4.78, 5) is 14.3. The number of amides is 1. The minimum atomic E-state index is -1.84. The summed E-state index contributed by atoms with van der Waals surface area (Å²) in [6.45, 7) is 1.71. The smallest absolute Gasteiger partial charge is 0.261 e. The number of carbonyl (C=O) groups excluding carboxylic acids is 1. The van der Waals surface area contributed by atoms with Gasteiger partial charge in [0.15, 0.2) is 17.4 Å². The van der Waals surface area contributed by atoms with Crippen molar-refractivity contribution in [1.29, 1.82) is 0 Å². The van der Waals surface area contributed by atoms with E-state index in [4.69, 9.17) is 11.6 Å². The summed E-state index contributed by atoms with van der Waals surface area (Å²) in [6, 6.07) is 4.58. The largest absolute Gasteiger partial charge is 0.491 e. The Labute approximate surface area is 164 Å². The molecule has 3 rings (SSSR count). The summed E-state index contributed by atoms with van der Waals surface area (Å²) in [5.41, 5.74) is -0.475. The zero-order chi connectivity index (χ0) is 20.4. The molecule has 0 saturated carbocycles. The standard InChI is InChI=1S/C19H17ClF4N2O2/c1-28-18-16(23)14(21)13(15(22)17(18)24)19(27)25-10-5-6-12(11(20)9-10)26-7-3-2-4-8-26/h5-6,9H,2-4,7-8H2,1H3,(H,25,27). The Morgan fingerprint density at radius 3 is 2.18 bits per heavy atom. The van der Waals surface area contributed by atoms with Gasteiger partial charge in [0.2, 0.25) is 11.6 Å². The molecule has 0 atom stereocenters. The van der Waals surface area contributed by atoms with Crippen LogP contribution in [0.15, 0.2) is 18.2 Å². The van der Waals surface area contributed by atoms with Crippen LogP contribution in [0.2, 0.25) is 5.02 Å². The quantitative estimate of drug-likeness (QED) is 0.553. The third-order valence-electron chi connectivity index (χ3n) is 4.56. The van der Waals surface area contributed by atoms with Crippen LogP contribution in [-0.4, -0.2) is 26.1 Å². The molecule has 1 aliphatic rings. The second-order valence-corrected chi connectivity index (χ2v) is 6.74. The van der Waals surface area contributed by atoms with Crippen molar-refractivity contribution in [3.05, 3.63) is 52.1 Å². The fourth-order valence-corrected chi connectivity index (χ4v) is 3.46. The van der Waals surface area contributed by atoms with Crippen molar-refractivity contribution >= 4 is 28.9 Å². The van der Waals surface area contributed by atoms with Gasteiger partial charge in [-0.15, -0.1) is 0 Å². The van der Waals surface area contributed by atoms with E-state index in [1.54, 1.807) is 6.07 Å². The van der Waals surface area contributed by atoms with Crippen LogP contribution in [-0.2, 0) is 0 Å². The zero-order valence-corrected chi connectivity index (χ0v) is 15.7. The van der Waals surface area contributed by atoms with E-state index in [0.717, 1.165) is 45.1 Å². The Kier molecular flexibility index (Phi) is 5.98. The molecule has 2 aromatic carbocycles. The van der Waals surface area contributed by atoms with E-state index in [0.29, 0.717) is 5.02 Å². The molecule has 0 radical (unpaired) electrons. The van der Waals surface area contributed by atoms with Crippen LogP contribution in [0.4, 0.5) is 28.9 Å². The number of benzene rings is 2. The third-order valence-corrected chi connectivity index (χ3v) is 4.86. The first-order valence-electron chi connectivity index (χ1n) is 8.61. The van der Waals surface area contributed by atoms with Crippen LogP contribution in [0, 0.1) is 23.3 Å². The van der Waals surface area contributed by atoms with Crippen LogP contribution < -0.4 is 15.0 Å². The number of hydrogen-bond acceptors (Lipinski definition) is 3. The average molecular weight is 417 g/mol. The first-order valence-corrected chi connectivity index (χ1v) is 8.98. The molecule has 1 fully saturated rings. The van der Waals surface area contributed by atoms with Crippen molar-refractivity contribution in [2.75, 3.05) is 30.4 Å². The van der Waals surface area contributed by atoms with Gasteiger partial charge < -0.3 is 15.0 Å². The van der Waals surface area contributed by atoms with Crippen molar-refractivity contribution in [1.82, 2.24) is 0 Å². The average Bonchev–Trinajstić information content (AvgIpc) is 2.68. The number of piperidine rings is 1. The third kappa shape index (κ3) is 3.73. The zero-order valence-electron chi connectivity index (χ0n) is 14.9. The van der Waals surface area contributed by atoms with Gasteiger partial charge in [-0.25, -0.2) is 8.78 Å². The lowest BCUT2D eigenvalue weighted by molar-refractivity contribution is 0.101. The number of nitrogens with zero attached hydrogens (tertiary/aromatic N) is 1. The van der Waals surface area contributed by atoms with E-state index >= 15 is 0 Å². The molecular weight excluding hydrogens is 400 g/mol. The summed E-state index contributed by atoms with van der Waals surface area (Å²) in [6.07, 6.45) is 3.23. The first kappa shape index (κ1) is 20.3. The maximum absolute atomic E-state index is 14.1. The maximum atomic E-state index is 14.1. The summed E-state index contributed by atoms with van der Waals surface area (Å²) >= 11 is 6.27. The van der Waals surface area contributed by atoms with E-state index in [1.165, 1.54) is 12.1 Å². The van der Waals surface area contributed by atoms with Gasteiger partial charge in [0.25, 0.3) is 5.91 Å². The van der Waals surface area contributed by atoms with Crippen molar-refractivity contribution in [2.45, 2.75) is 19.3 Å². The van der Waals surface area contributed by atoms with Gasteiger partial charge in [-0.1, -0.05) is 11.6 Å². The Hall–Kier alpha value is -2.48. The molecule has 4 nitrogen and oxygen atoms in total. The molecule has 1 N–H and O–H groups in total. The lowest BCUT2D eigenvalue weighted by Gasteiger charge is -2.29. The summed E-state index contributed by atoms with van der Waals surface area (Å²) < 4.78 is 60.1. The predicted molar refractivity (Wildman–Crippen MR) is 98.3 cm³/mol. The fraction of sp³-hybridized carbons (Fsp3) is 0.316. The van der Waals surface area contributed by atoms with Crippen LogP contribution in [0.1, 0.15) is 29.6 Å². The van der Waals surface area contributed by atoms with Crippen LogP contribution in [0.5, 0.6) is 5.75 Å². The number of carbonyl (C=O) groups is 1. The summed E-state index contributed by atoms with van der Waals surface area (Å²) in [5, 5.41) is 2.55. The molecule has 0 bridgehead atoms. The lowest BCUT2D eigenvalue weighted by atomic mass is 10.1. The Morgan fingerprint density at radius 1 is 1.04 bits per heavy atom. The first-order chi connectivity index (χ1) is 13.3. The highest BCUT2D eigenvalue weighted by molar-refractivity contribution is 6.33. The van der Waals surface area contributed by atoms with E-state index in [2.05, 4.69) is 15.0 Å². The molecule has 150 valence electrons. The molecule has 0 unspecified atom stereocenters. The number of methoxy groups -OCH3 is 1. The molecule has 0 aliphatic carbocycles. The van der Waals surface area contributed by atoms with E-state index < -0.39 is 40.5 Å². The molecule has 1 aliphatic heterocycles. The predicted octanol–water partition coefficient (Wildman–Crippen LogP) is 5.15. The molecule has 28 heavy (non-hydrogen) atoms. The SMILES string of the molecule is COc1c(F)c(F)c(C(=O)Nc2ccc(N3CCCCC3)c(Cl)c2)c(F)c1F. The van der Waals surface area contributed by atoms with E-state index in [-0.39, 0.29) is 5.69 Å².